The lowest BCUT2D eigenvalue weighted by Crippen LogP contribution is -2.41. The molecule has 242 valence electrons. The van der Waals surface area contributed by atoms with E-state index in [2.05, 4.69) is 16.9 Å². The number of hydrogen-bond acceptors (Lipinski definition) is 8. The first kappa shape index (κ1) is 33.4. The molecule has 4 rings (SSSR count). The summed E-state index contributed by atoms with van der Waals surface area (Å²) in [6.07, 6.45) is 5.69. The molecule has 9 nitrogen and oxygen atoms in total. The molecule has 0 radical (unpaired) electrons. The van der Waals surface area contributed by atoms with Gasteiger partial charge in [0.1, 0.15) is 17.2 Å². The summed E-state index contributed by atoms with van der Waals surface area (Å²) in [5, 5.41) is 0. The molecule has 2 saturated heterocycles. The Morgan fingerprint density at radius 3 is 2.36 bits per heavy atom. The van der Waals surface area contributed by atoms with Crippen molar-refractivity contribution in [3.8, 4) is 5.75 Å². The number of benzene rings is 1. The van der Waals surface area contributed by atoms with Crippen LogP contribution >= 0.6 is 0 Å². The Balaban J connectivity index is 1.31. The number of anilines is 1. The Hall–Kier alpha value is -3.50. The second kappa shape index (κ2) is 14.5. The lowest BCUT2D eigenvalue weighted by molar-refractivity contribution is -0.155. The number of amides is 1. The van der Waals surface area contributed by atoms with Crippen LogP contribution in [0.15, 0.2) is 30.6 Å². The van der Waals surface area contributed by atoms with Crippen molar-refractivity contribution < 1.29 is 32.6 Å². The second-order valence-electron chi connectivity index (χ2n) is 13.3. The maximum Gasteiger partial charge on any atom is 0.410 e. The van der Waals surface area contributed by atoms with Crippen molar-refractivity contribution in [3.63, 3.8) is 0 Å². The first-order valence-corrected chi connectivity index (χ1v) is 15.6. The number of esters is 1. The number of rotatable bonds is 10. The predicted octanol–water partition coefficient (Wildman–Crippen LogP) is 6.37. The van der Waals surface area contributed by atoms with E-state index in [9.17, 15) is 18.4 Å². The molecule has 1 amide bonds. The molecule has 11 heteroatoms. The van der Waals surface area contributed by atoms with Crippen molar-refractivity contribution in [3.05, 3.63) is 47.8 Å². The monoisotopic (exact) mass is 616 g/mol. The molecule has 0 bridgehead atoms. The molecular formula is C33H46F2N4O5. The highest BCUT2D eigenvalue weighted by molar-refractivity contribution is 5.70. The van der Waals surface area contributed by atoms with Gasteiger partial charge in [0.2, 0.25) is 5.95 Å². The third-order valence-electron chi connectivity index (χ3n) is 8.33. The van der Waals surface area contributed by atoms with Gasteiger partial charge in [-0.1, -0.05) is 6.92 Å². The molecule has 2 fully saturated rings. The fourth-order valence-corrected chi connectivity index (χ4v) is 6.06. The number of piperidine rings is 1. The molecule has 1 aromatic carbocycles. The summed E-state index contributed by atoms with van der Waals surface area (Å²) in [7, 11) is 0. The topological polar surface area (TPSA) is 94.1 Å². The Bertz CT molecular complexity index is 1260. The number of nitrogens with zero attached hydrogens (tertiary/aromatic N) is 4. The maximum absolute atomic E-state index is 14.8. The van der Waals surface area contributed by atoms with Gasteiger partial charge in [0, 0.05) is 32.1 Å². The van der Waals surface area contributed by atoms with E-state index >= 15 is 0 Å². The van der Waals surface area contributed by atoms with Gasteiger partial charge in [-0.3, -0.25) is 4.79 Å². The third-order valence-corrected chi connectivity index (χ3v) is 8.33. The molecule has 2 aliphatic rings. The Morgan fingerprint density at radius 2 is 1.73 bits per heavy atom. The lowest BCUT2D eigenvalue weighted by atomic mass is 9.84. The quantitative estimate of drug-likeness (QED) is 0.285. The molecule has 3 heterocycles. The van der Waals surface area contributed by atoms with Crippen LogP contribution in [0.1, 0.15) is 78.7 Å². The molecular weight excluding hydrogens is 570 g/mol. The van der Waals surface area contributed by atoms with Crippen LogP contribution in [0.2, 0.25) is 0 Å². The molecule has 0 unspecified atom stereocenters. The molecule has 0 N–H and O–H groups in total. The van der Waals surface area contributed by atoms with E-state index in [0.29, 0.717) is 56.3 Å². The van der Waals surface area contributed by atoms with Crippen molar-refractivity contribution in [2.45, 2.75) is 84.8 Å². The number of hydrogen-bond donors (Lipinski definition) is 0. The summed E-state index contributed by atoms with van der Waals surface area (Å²) >= 11 is 0. The SMILES string of the molecule is CC(C)OC(=O)N1CCC([C@H](C)CCOc2cnc(N3C[C@H](CC(=O)OC(C)(C)C)[C@@H](c4cc(F)ccc4F)C3)nc2)CC1. The summed E-state index contributed by atoms with van der Waals surface area (Å²) in [6, 6.07) is 3.41. The van der Waals surface area contributed by atoms with Crippen LogP contribution in [-0.4, -0.2) is 71.4 Å². The standard InChI is InChI=1S/C33H46F2N4O5/c1-21(2)43-32(41)38-12-9-23(10-13-38)22(3)11-14-42-26-17-36-31(37-18-26)39-19-24(15-30(40)44-33(4,5)6)28(20-39)27-16-25(34)7-8-29(27)35/h7-8,16-18,21-24,28H,9-15,19-20H2,1-6H3/t22-,24+,28+/m1/s1. The van der Waals surface area contributed by atoms with Gasteiger partial charge in [-0.05, 0) is 95.4 Å². The van der Waals surface area contributed by atoms with Gasteiger partial charge >= 0.3 is 12.1 Å². The van der Waals surface area contributed by atoms with E-state index < -0.39 is 23.2 Å². The number of halogens is 2. The normalized spacial score (nSPS) is 20.1. The Kier molecular flexibility index (Phi) is 11.0. The van der Waals surface area contributed by atoms with Crippen LogP contribution in [0.5, 0.6) is 5.75 Å². The van der Waals surface area contributed by atoms with Gasteiger partial charge in [-0.15, -0.1) is 0 Å². The van der Waals surface area contributed by atoms with Crippen molar-refractivity contribution in [2.24, 2.45) is 17.8 Å². The largest absolute Gasteiger partial charge is 0.490 e. The number of ether oxygens (including phenoxy) is 3. The second-order valence-corrected chi connectivity index (χ2v) is 13.3. The number of carbonyl (C=O) groups excluding carboxylic acids is 2. The number of carbonyl (C=O) groups is 2. The van der Waals surface area contributed by atoms with Crippen molar-refractivity contribution in [1.82, 2.24) is 14.9 Å². The van der Waals surface area contributed by atoms with Gasteiger partial charge in [0.25, 0.3) is 0 Å². The summed E-state index contributed by atoms with van der Waals surface area (Å²) in [5.41, 5.74) is -0.414. The summed E-state index contributed by atoms with van der Waals surface area (Å²) < 4.78 is 45.7. The first-order chi connectivity index (χ1) is 20.8. The molecule has 44 heavy (non-hydrogen) atoms. The molecule has 3 atom stereocenters. The molecule has 2 aromatic rings. The number of likely N-dealkylation sites (tertiary alicyclic amines) is 1. The molecule has 0 saturated carbocycles. The zero-order valence-electron chi connectivity index (χ0n) is 26.7. The predicted molar refractivity (Wildman–Crippen MR) is 162 cm³/mol. The maximum atomic E-state index is 14.8. The van der Waals surface area contributed by atoms with E-state index in [4.69, 9.17) is 14.2 Å². The fraction of sp³-hybridized carbons (Fsp3) is 0.636. The highest BCUT2D eigenvalue weighted by Crippen LogP contribution is 2.38. The van der Waals surface area contributed by atoms with E-state index in [1.165, 1.54) is 6.07 Å². The van der Waals surface area contributed by atoms with Crippen molar-refractivity contribution in [2.75, 3.05) is 37.7 Å². The first-order valence-electron chi connectivity index (χ1n) is 15.6. The van der Waals surface area contributed by atoms with Crippen LogP contribution in [0.25, 0.3) is 0 Å². The van der Waals surface area contributed by atoms with Gasteiger partial charge in [-0.25, -0.2) is 23.5 Å². The average molecular weight is 617 g/mol. The minimum Gasteiger partial charge on any atom is -0.490 e. The van der Waals surface area contributed by atoms with Gasteiger partial charge in [0.15, 0.2) is 5.75 Å². The minimum absolute atomic E-state index is 0.0643. The molecule has 1 aromatic heterocycles. The van der Waals surface area contributed by atoms with Crippen LogP contribution in [-0.2, 0) is 14.3 Å². The van der Waals surface area contributed by atoms with Crippen molar-refractivity contribution in [1.29, 1.82) is 0 Å². The highest BCUT2D eigenvalue weighted by atomic mass is 19.1. The lowest BCUT2D eigenvalue weighted by Gasteiger charge is -2.34. The zero-order valence-corrected chi connectivity index (χ0v) is 26.7. The summed E-state index contributed by atoms with van der Waals surface area (Å²) in [5.74, 6) is -0.243. The zero-order chi connectivity index (χ0) is 32.0. The summed E-state index contributed by atoms with van der Waals surface area (Å²) in [4.78, 5) is 37.5. The average Bonchev–Trinajstić information content (AvgIpc) is 3.36. The van der Waals surface area contributed by atoms with Gasteiger partial charge in [-0.2, -0.15) is 0 Å². The van der Waals surface area contributed by atoms with E-state index in [-0.39, 0.29) is 36.1 Å². The third kappa shape index (κ3) is 9.25. The smallest absolute Gasteiger partial charge is 0.410 e. The molecule has 0 aliphatic carbocycles. The minimum atomic E-state index is -0.646. The Labute approximate surface area is 259 Å². The van der Waals surface area contributed by atoms with E-state index in [1.54, 1.807) is 38.1 Å². The fourth-order valence-electron chi connectivity index (χ4n) is 6.06. The van der Waals surface area contributed by atoms with Crippen LogP contribution in [0, 0.1) is 29.4 Å². The number of aromatic nitrogens is 2. The van der Waals surface area contributed by atoms with Crippen molar-refractivity contribution >= 4 is 18.0 Å². The van der Waals surface area contributed by atoms with E-state index in [0.717, 1.165) is 31.4 Å². The van der Waals surface area contributed by atoms with Crippen LogP contribution in [0.3, 0.4) is 0 Å². The molecule has 2 aliphatic heterocycles. The molecule has 0 spiro atoms. The highest BCUT2D eigenvalue weighted by Gasteiger charge is 2.39. The van der Waals surface area contributed by atoms with Crippen LogP contribution < -0.4 is 9.64 Å². The Morgan fingerprint density at radius 1 is 1.05 bits per heavy atom. The van der Waals surface area contributed by atoms with Gasteiger partial charge < -0.3 is 24.0 Å². The van der Waals surface area contributed by atoms with Crippen LogP contribution in [0.4, 0.5) is 19.5 Å². The van der Waals surface area contributed by atoms with E-state index in [1.807, 2.05) is 18.7 Å². The van der Waals surface area contributed by atoms with Gasteiger partial charge in [0.05, 0.1) is 31.5 Å². The summed E-state index contributed by atoms with van der Waals surface area (Å²) in [6.45, 7) is 14.0.